The number of carbonyl (C=O) groups excluding carboxylic acids is 2. The number of anilines is 2. The first-order valence-corrected chi connectivity index (χ1v) is 10.0. The van der Waals surface area contributed by atoms with Crippen molar-refractivity contribution in [2.75, 3.05) is 17.7 Å². The van der Waals surface area contributed by atoms with Gasteiger partial charge in [-0.05, 0) is 48.9 Å². The molecule has 32 heavy (non-hydrogen) atoms. The Kier molecular flexibility index (Phi) is 5.98. The van der Waals surface area contributed by atoms with Gasteiger partial charge in [-0.2, -0.15) is 5.10 Å². The average molecular weight is 426 g/mol. The molecule has 0 radical (unpaired) electrons. The molecule has 4 aromatic rings. The van der Waals surface area contributed by atoms with E-state index in [4.69, 9.17) is 4.74 Å². The van der Waals surface area contributed by atoms with E-state index in [0.29, 0.717) is 28.4 Å². The molecule has 2 amide bonds. The van der Waals surface area contributed by atoms with E-state index in [2.05, 4.69) is 20.8 Å². The Balaban J connectivity index is 1.50. The van der Waals surface area contributed by atoms with Crippen LogP contribution in [0.2, 0.25) is 0 Å². The summed E-state index contributed by atoms with van der Waals surface area (Å²) in [5.41, 5.74) is 3.93. The maximum absolute atomic E-state index is 12.8. The molecule has 1 heterocycles. The van der Waals surface area contributed by atoms with Gasteiger partial charge in [-0.25, -0.2) is 0 Å². The van der Waals surface area contributed by atoms with E-state index in [1.807, 2.05) is 37.3 Å². The number of aromatic amines is 1. The number of benzene rings is 3. The number of hydrogen-bond donors (Lipinski definition) is 3. The van der Waals surface area contributed by atoms with Crippen LogP contribution in [0, 0.1) is 6.92 Å². The number of nitrogens with zero attached hydrogens (tertiary/aromatic N) is 1. The average Bonchev–Trinajstić information content (AvgIpc) is 3.29. The molecule has 7 nitrogen and oxygen atoms in total. The number of aryl methyl sites for hydroxylation is 1. The number of amides is 2. The summed E-state index contributed by atoms with van der Waals surface area (Å²) in [4.78, 5) is 25.3. The minimum Gasteiger partial charge on any atom is -0.496 e. The highest BCUT2D eigenvalue weighted by atomic mass is 16.5. The summed E-state index contributed by atoms with van der Waals surface area (Å²) in [6.45, 7) is 1.87. The fourth-order valence-electron chi connectivity index (χ4n) is 3.26. The van der Waals surface area contributed by atoms with Gasteiger partial charge in [0.2, 0.25) is 0 Å². The highest BCUT2D eigenvalue weighted by Gasteiger charge is 2.14. The Hall–Kier alpha value is -4.39. The van der Waals surface area contributed by atoms with Crippen molar-refractivity contribution in [3.63, 3.8) is 0 Å². The summed E-state index contributed by atoms with van der Waals surface area (Å²) in [6.07, 6.45) is 0. The molecule has 0 aliphatic carbocycles. The number of H-pyrrole nitrogens is 1. The topological polar surface area (TPSA) is 96.1 Å². The van der Waals surface area contributed by atoms with Crippen molar-refractivity contribution in [2.45, 2.75) is 6.92 Å². The third-order valence-corrected chi connectivity index (χ3v) is 5.00. The van der Waals surface area contributed by atoms with Gasteiger partial charge in [-0.3, -0.25) is 14.7 Å². The van der Waals surface area contributed by atoms with Gasteiger partial charge >= 0.3 is 0 Å². The van der Waals surface area contributed by atoms with Gasteiger partial charge in [0, 0.05) is 28.4 Å². The van der Waals surface area contributed by atoms with Gasteiger partial charge in [-0.15, -0.1) is 0 Å². The van der Waals surface area contributed by atoms with Gasteiger partial charge in [0.05, 0.1) is 12.8 Å². The van der Waals surface area contributed by atoms with Crippen molar-refractivity contribution < 1.29 is 14.3 Å². The Morgan fingerprint density at radius 2 is 1.56 bits per heavy atom. The lowest BCUT2D eigenvalue weighted by Gasteiger charge is -2.10. The van der Waals surface area contributed by atoms with Crippen LogP contribution in [0.1, 0.15) is 26.3 Å². The summed E-state index contributed by atoms with van der Waals surface area (Å²) in [7, 11) is 1.60. The SMILES string of the molecule is COc1ccccc1-c1cc(NC(=O)c2ccc(C)c(NC(=O)c3ccccc3)c2)n[nH]1. The zero-order chi connectivity index (χ0) is 22.5. The van der Waals surface area contributed by atoms with Crippen LogP contribution in [-0.4, -0.2) is 29.1 Å². The predicted octanol–water partition coefficient (Wildman–Crippen LogP) is 4.90. The minimum atomic E-state index is -0.335. The Labute approximate surface area is 185 Å². The summed E-state index contributed by atoms with van der Waals surface area (Å²) < 4.78 is 5.38. The number of rotatable bonds is 6. The third kappa shape index (κ3) is 4.52. The Morgan fingerprint density at radius 1 is 0.844 bits per heavy atom. The second kappa shape index (κ2) is 9.18. The maximum Gasteiger partial charge on any atom is 0.256 e. The van der Waals surface area contributed by atoms with Gasteiger partial charge in [-0.1, -0.05) is 36.4 Å². The zero-order valence-electron chi connectivity index (χ0n) is 17.7. The summed E-state index contributed by atoms with van der Waals surface area (Å²) >= 11 is 0. The van der Waals surface area contributed by atoms with Crippen molar-refractivity contribution in [2.24, 2.45) is 0 Å². The van der Waals surface area contributed by atoms with Crippen LogP contribution in [0.3, 0.4) is 0 Å². The van der Waals surface area contributed by atoms with Crippen LogP contribution in [0.25, 0.3) is 11.3 Å². The summed E-state index contributed by atoms with van der Waals surface area (Å²) in [6, 6.07) is 23.3. The molecule has 0 atom stereocenters. The number of methoxy groups -OCH3 is 1. The molecule has 0 bridgehead atoms. The minimum absolute atomic E-state index is 0.236. The number of ether oxygens (including phenoxy) is 1. The normalized spacial score (nSPS) is 10.4. The largest absolute Gasteiger partial charge is 0.496 e. The number of aromatic nitrogens is 2. The molecule has 0 saturated heterocycles. The monoisotopic (exact) mass is 426 g/mol. The van der Waals surface area contributed by atoms with E-state index in [9.17, 15) is 9.59 Å². The molecule has 0 aliphatic rings. The van der Waals surface area contributed by atoms with E-state index in [1.165, 1.54) is 0 Å². The number of para-hydroxylation sites is 1. The van der Waals surface area contributed by atoms with E-state index in [1.54, 1.807) is 55.6 Å². The first kappa shape index (κ1) is 20.9. The second-order valence-electron chi connectivity index (χ2n) is 7.17. The van der Waals surface area contributed by atoms with Gasteiger partial charge in [0.15, 0.2) is 5.82 Å². The molecule has 1 aromatic heterocycles. The lowest BCUT2D eigenvalue weighted by molar-refractivity contribution is 0.101. The molecule has 4 rings (SSSR count). The molecule has 0 aliphatic heterocycles. The predicted molar refractivity (Wildman–Crippen MR) is 124 cm³/mol. The highest BCUT2D eigenvalue weighted by Crippen LogP contribution is 2.29. The van der Waals surface area contributed by atoms with E-state index in [0.717, 1.165) is 16.8 Å². The number of nitrogens with one attached hydrogen (secondary N) is 3. The van der Waals surface area contributed by atoms with E-state index in [-0.39, 0.29) is 11.8 Å². The van der Waals surface area contributed by atoms with Crippen LogP contribution in [0.4, 0.5) is 11.5 Å². The van der Waals surface area contributed by atoms with Crippen LogP contribution in [0.5, 0.6) is 5.75 Å². The molecule has 0 saturated carbocycles. The van der Waals surface area contributed by atoms with Crippen LogP contribution in [-0.2, 0) is 0 Å². The molecule has 3 N–H and O–H groups in total. The first-order chi connectivity index (χ1) is 15.5. The smallest absolute Gasteiger partial charge is 0.256 e. The van der Waals surface area contributed by atoms with Gasteiger partial charge in [0.25, 0.3) is 11.8 Å². The highest BCUT2D eigenvalue weighted by molar-refractivity contribution is 6.07. The Bertz CT molecular complexity index is 1270. The van der Waals surface area contributed by atoms with Crippen molar-refractivity contribution >= 4 is 23.3 Å². The second-order valence-corrected chi connectivity index (χ2v) is 7.17. The first-order valence-electron chi connectivity index (χ1n) is 10.0. The molecule has 3 aromatic carbocycles. The third-order valence-electron chi connectivity index (χ3n) is 5.00. The molecule has 160 valence electrons. The van der Waals surface area contributed by atoms with Crippen molar-refractivity contribution in [3.8, 4) is 17.0 Å². The number of hydrogen-bond acceptors (Lipinski definition) is 4. The molecule has 0 unspecified atom stereocenters. The van der Waals surface area contributed by atoms with Crippen molar-refractivity contribution in [3.05, 3.63) is 95.6 Å². The van der Waals surface area contributed by atoms with Crippen LogP contribution >= 0.6 is 0 Å². The zero-order valence-corrected chi connectivity index (χ0v) is 17.7. The van der Waals surface area contributed by atoms with Gasteiger partial charge < -0.3 is 15.4 Å². The number of carbonyl (C=O) groups is 2. The van der Waals surface area contributed by atoms with Gasteiger partial charge in [0.1, 0.15) is 5.75 Å². The maximum atomic E-state index is 12.8. The van der Waals surface area contributed by atoms with Crippen LogP contribution < -0.4 is 15.4 Å². The van der Waals surface area contributed by atoms with E-state index >= 15 is 0 Å². The van der Waals surface area contributed by atoms with Crippen molar-refractivity contribution in [1.82, 2.24) is 10.2 Å². The lowest BCUT2D eigenvalue weighted by Crippen LogP contribution is -2.15. The summed E-state index contributed by atoms with van der Waals surface area (Å²) in [5.74, 6) is 0.510. The van der Waals surface area contributed by atoms with Crippen LogP contribution in [0.15, 0.2) is 78.9 Å². The Morgan fingerprint density at radius 3 is 2.34 bits per heavy atom. The lowest BCUT2D eigenvalue weighted by atomic mass is 10.1. The van der Waals surface area contributed by atoms with Crippen molar-refractivity contribution in [1.29, 1.82) is 0 Å². The summed E-state index contributed by atoms with van der Waals surface area (Å²) in [5, 5.41) is 12.7. The molecular weight excluding hydrogens is 404 g/mol. The molecule has 7 heteroatoms. The molecule has 0 fully saturated rings. The quantitative estimate of drug-likeness (QED) is 0.409. The molecule has 0 spiro atoms. The fourth-order valence-corrected chi connectivity index (χ4v) is 3.26. The fraction of sp³-hybridized carbons (Fsp3) is 0.0800. The standard InChI is InChI=1S/C25H22N4O3/c1-16-12-13-18(14-20(16)26-24(30)17-8-4-3-5-9-17)25(31)27-23-15-21(28-29-23)19-10-6-7-11-22(19)32-2/h3-15H,1-2H3,(H,26,30)(H2,27,28,29,31). The van der Waals surface area contributed by atoms with E-state index < -0.39 is 0 Å². The molecular formula is C25H22N4O3.